The van der Waals surface area contributed by atoms with Gasteiger partial charge in [0.05, 0.1) is 0 Å². The molecule has 0 bridgehead atoms. The summed E-state index contributed by atoms with van der Waals surface area (Å²) in [5.74, 6) is 1.84. The fraction of sp³-hybridized carbons (Fsp3) is 0.167. The van der Waals surface area contributed by atoms with Crippen LogP contribution in [0.1, 0.15) is 207 Å². The molecule has 0 fully saturated rings. The fourth-order valence-electron chi connectivity index (χ4n) is 8.92. The predicted octanol–water partition coefficient (Wildman–Crippen LogP) is 19.0. The van der Waals surface area contributed by atoms with Gasteiger partial charge >= 0.3 is 0 Å². The molecule has 99 heavy (non-hydrogen) atoms. The molecule has 10 rings (SSSR count). The minimum Gasteiger partial charge on any atom is -0.490 e. The van der Waals surface area contributed by atoms with Gasteiger partial charge in [0, 0.05) is 76.6 Å². The fourth-order valence-corrected chi connectivity index (χ4v) is 9.73. The number of carbonyl (C=O) groups is 12. The predicted molar refractivity (Wildman–Crippen MR) is 390 cm³/mol. The maximum absolute atomic E-state index is 11.2. The van der Waals surface area contributed by atoms with Gasteiger partial charge in [-0.3, -0.25) is 57.5 Å². The number of rotatable bonds is 20. The lowest BCUT2D eigenvalue weighted by Gasteiger charge is -2.09. The van der Waals surface area contributed by atoms with Crippen LogP contribution < -0.4 is 9.47 Å². The number of hydrogen-bond donors (Lipinski definition) is 0. The zero-order valence-electron chi connectivity index (χ0n) is 57.5. The summed E-state index contributed by atoms with van der Waals surface area (Å²) in [4.78, 5) is 135. The normalized spacial score (nSPS) is 10.0. The van der Waals surface area contributed by atoms with Crippen LogP contribution in [-0.2, 0) is 0 Å². The van der Waals surface area contributed by atoms with E-state index in [2.05, 4.69) is 0 Å². The monoisotopic (exact) mass is 1340 g/mol. The van der Waals surface area contributed by atoms with E-state index in [0.29, 0.717) is 80.3 Å². The van der Waals surface area contributed by atoms with Gasteiger partial charge < -0.3 is 9.47 Å². The van der Waals surface area contributed by atoms with E-state index < -0.39 is 0 Å². The molecule has 0 aliphatic heterocycles. The van der Waals surface area contributed by atoms with Crippen LogP contribution in [-0.4, -0.2) is 82.6 Å². The van der Waals surface area contributed by atoms with Crippen LogP contribution in [0.25, 0.3) is 21.9 Å². The van der Waals surface area contributed by atoms with Crippen LogP contribution in [0.4, 0.5) is 0 Å². The molecule has 14 nitrogen and oxygen atoms in total. The highest BCUT2D eigenvalue weighted by atomic mass is 32.2. The molecule has 0 aromatic heterocycles. The molecule has 0 amide bonds. The van der Waals surface area contributed by atoms with E-state index in [1.165, 1.54) is 41.5 Å². The molecule has 0 N–H and O–H groups in total. The number of benzene rings is 10. The van der Waals surface area contributed by atoms with E-state index >= 15 is 0 Å². The van der Waals surface area contributed by atoms with Gasteiger partial charge in [0.15, 0.2) is 69.4 Å². The van der Waals surface area contributed by atoms with Crippen molar-refractivity contribution in [3.8, 4) is 22.6 Å². The first-order valence-corrected chi connectivity index (χ1v) is 32.2. The maximum atomic E-state index is 11.2. The molecule has 0 radical (unpaired) electrons. The Morgan fingerprint density at radius 2 is 0.414 bits per heavy atom. The van der Waals surface area contributed by atoms with Crippen molar-refractivity contribution in [2.24, 2.45) is 0 Å². The molecular weight excluding hydrogens is 1260 g/mol. The molecule has 504 valence electrons. The third kappa shape index (κ3) is 26.2. The van der Waals surface area contributed by atoms with Crippen LogP contribution in [0.15, 0.2) is 240 Å². The molecule has 0 heterocycles. The first-order chi connectivity index (χ1) is 47.0. The molecule has 0 atom stereocenters. The number of ketones is 12. The number of hydrogen-bond acceptors (Lipinski definition) is 15. The summed E-state index contributed by atoms with van der Waals surface area (Å²) in [6.07, 6.45) is 0. The Labute approximate surface area is 581 Å². The lowest BCUT2D eigenvalue weighted by Crippen LogP contribution is -2.09. The number of Topliss-reactive ketones (excluding diaryl/α,β-unsaturated/α-hetero) is 12. The van der Waals surface area contributed by atoms with Crippen molar-refractivity contribution in [2.75, 3.05) is 13.2 Å². The van der Waals surface area contributed by atoms with E-state index in [4.69, 9.17) is 9.47 Å². The van der Waals surface area contributed by atoms with Crippen molar-refractivity contribution < 1.29 is 67.0 Å². The highest BCUT2D eigenvalue weighted by molar-refractivity contribution is 7.99. The Kier molecular flexibility index (Phi) is 30.7. The van der Waals surface area contributed by atoms with Gasteiger partial charge in [-0.25, -0.2) is 0 Å². The van der Waals surface area contributed by atoms with Crippen LogP contribution in [0, 0.1) is 0 Å². The second-order valence-corrected chi connectivity index (χ2v) is 23.8. The summed E-state index contributed by atoms with van der Waals surface area (Å²) < 4.78 is 11.1. The first-order valence-electron chi connectivity index (χ1n) is 31.4. The van der Waals surface area contributed by atoms with Crippen molar-refractivity contribution >= 4 is 91.9 Å². The average molecular weight is 1340 g/mol. The van der Waals surface area contributed by atoms with Gasteiger partial charge in [0.1, 0.15) is 24.7 Å². The van der Waals surface area contributed by atoms with E-state index in [9.17, 15) is 57.5 Å². The number of fused-ring (bicyclic) bond motifs is 1. The van der Waals surface area contributed by atoms with Crippen molar-refractivity contribution in [2.45, 2.75) is 92.9 Å². The molecule has 0 aliphatic carbocycles. The van der Waals surface area contributed by atoms with Gasteiger partial charge in [0.2, 0.25) is 0 Å². The van der Waals surface area contributed by atoms with Gasteiger partial charge in [0.25, 0.3) is 0 Å². The van der Waals surface area contributed by atoms with Gasteiger partial charge in [-0.1, -0.05) is 151 Å². The van der Waals surface area contributed by atoms with Gasteiger partial charge in [-0.2, -0.15) is 0 Å². The Morgan fingerprint density at radius 3 is 0.646 bits per heavy atom. The van der Waals surface area contributed by atoms with E-state index in [-0.39, 0.29) is 69.4 Å². The summed E-state index contributed by atoms with van der Waals surface area (Å²) >= 11 is 1.61. The number of ether oxygens (including phenoxy) is 2. The highest BCUT2D eigenvalue weighted by Gasteiger charge is 2.09. The van der Waals surface area contributed by atoms with Crippen molar-refractivity contribution in [3.05, 3.63) is 297 Å². The van der Waals surface area contributed by atoms with Gasteiger partial charge in [-0.05, 0) is 196 Å². The van der Waals surface area contributed by atoms with Crippen LogP contribution in [0.5, 0.6) is 11.5 Å². The third-order valence-corrected chi connectivity index (χ3v) is 15.9. The summed E-state index contributed by atoms with van der Waals surface area (Å²) in [6, 6.07) is 68.4. The summed E-state index contributed by atoms with van der Waals surface area (Å²) in [7, 11) is 0. The molecule has 0 saturated heterocycles. The minimum atomic E-state index is -0.0156. The zero-order chi connectivity index (χ0) is 72.9. The molecule has 0 spiro atoms. The highest BCUT2D eigenvalue weighted by Crippen LogP contribution is 2.29. The lowest BCUT2D eigenvalue weighted by atomic mass is 10.0. The van der Waals surface area contributed by atoms with Crippen molar-refractivity contribution in [1.29, 1.82) is 0 Å². The topological polar surface area (TPSA) is 223 Å². The van der Waals surface area contributed by atoms with Crippen molar-refractivity contribution in [1.82, 2.24) is 0 Å². The molecule has 10 aromatic carbocycles. The zero-order valence-corrected chi connectivity index (χ0v) is 58.3. The smallest absolute Gasteiger partial charge is 0.159 e. The molecule has 0 saturated carbocycles. The SMILES string of the molecule is CC(=O)c1ccc(-c2ccc(C(C)=O)cc2)cc1.CC(=O)c1ccc(C(C)=O)cc1.CC(=O)c1ccc(OCCOc2ccc(C(C)=O)cc2)cc1.CC(=O)c1ccc(Sc2ccc(C(C)=O)cc2)cc1.CC(=O)c1ccc2cc(C(C)=O)ccc2c1.CC(=O)c1cccc(C(C)=O)c1. The summed E-state index contributed by atoms with van der Waals surface area (Å²) in [5, 5.41) is 1.97. The van der Waals surface area contributed by atoms with E-state index in [0.717, 1.165) is 42.8 Å². The largest absolute Gasteiger partial charge is 0.490 e. The lowest BCUT2D eigenvalue weighted by molar-refractivity contribution is 0.0999. The third-order valence-electron chi connectivity index (χ3n) is 14.8. The Balaban J connectivity index is 0.000000217. The van der Waals surface area contributed by atoms with Crippen LogP contribution in [0.3, 0.4) is 0 Å². The quantitative estimate of drug-likeness (QED) is 0.0511. The average Bonchev–Trinajstić information content (AvgIpc) is 0.916. The Morgan fingerprint density at radius 1 is 0.222 bits per heavy atom. The van der Waals surface area contributed by atoms with Crippen molar-refractivity contribution in [3.63, 3.8) is 0 Å². The Bertz CT molecular complexity index is 4240. The molecule has 15 heteroatoms. The molecule has 0 unspecified atom stereocenters. The molecule has 10 aromatic rings. The van der Waals surface area contributed by atoms with E-state index in [1.807, 2.05) is 121 Å². The van der Waals surface area contributed by atoms with Crippen LogP contribution >= 0.6 is 11.8 Å². The van der Waals surface area contributed by atoms with Gasteiger partial charge in [-0.15, -0.1) is 0 Å². The summed E-state index contributed by atoms with van der Waals surface area (Å²) in [5.41, 5.74) is 10.1. The number of carbonyl (C=O) groups excluding carboxylic acids is 12. The second-order valence-electron chi connectivity index (χ2n) is 22.7. The standard InChI is InChI=1S/C18H18O4.C16H14O2S.C16H14O2.C14H12O2.2C10H10O2/c1-13(19)15-3-7-17(8-4-15)21-11-12-22-18-9-5-16(6-10-18)14(2)20;1-11(17)13-3-7-15(8-4-13)19-16-9-5-14(6-10-16)12(2)18;1-11(17)13-3-7-15(8-4-13)16-9-5-14(6-10-16)12(2)18;1-9(15)11-3-5-14-8-12(10(2)16)4-6-13(14)7-11;1-7(11)9-3-5-10(6-4-9)8(2)12;1-7(11)9-4-3-5-10(6-9)8(2)12/h3-10H,11-12H2,1-2H3;3-10H,1-2H3;3-10H,1-2H3;3-8H,1-2H3;2*3-6H,1-2H3. The first kappa shape index (κ1) is 78.1. The van der Waals surface area contributed by atoms with E-state index in [1.54, 1.807) is 162 Å². The molecular formula is C84H78O14S. The second kappa shape index (κ2) is 38.9. The summed E-state index contributed by atoms with van der Waals surface area (Å²) in [6.45, 7) is 19.1. The minimum absolute atomic E-state index is 0.0156. The molecule has 0 aliphatic rings. The maximum Gasteiger partial charge on any atom is 0.159 e. The Hall–Kier alpha value is -11.6. The van der Waals surface area contributed by atoms with Crippen LogP contribution in [0.2, 0.25) is 0 Å².